The van der Waals surface area contributed by atoms with Gasteiger partial charge in [-0.2, -0.15) is 5.10 Å². The van der Waals surface area contributed by atoms with E-state index in [1.165, 1.54) is 6.92 Å². The Morgan fingerprint density at radius 1 is 1.22 bits per heavy atom. The quantitative estimate of drug-likeness (QED) is 0.145. The lowest BCUT2D eigenvalue weighted by Crippen LogP contribution is -2.47. The molecular weight excluding hydrogens is 590 g/mol. The van der Waals surface area contributed by atoms with Gasteiger partial charge >= 0.3 is 0 Å². The molecule has 2 aliphatic rings. The molecule has 2 amide bonds. The van der Waals surface area contributed by atoms with Gasteiger partial charge in [0.15, 0.2) is 5.78 Å². The number of likely N-dealkylation sites (tertiary alicyclic amines) is 1. The van der Waals surface area contributed by atoms with Crippen LogP contribution in [0.5, 0.6) is 0 Å². The molecule has 2 aromatic heterocycles. The summed E-state index contributed by atoms with van der Waals surface area (Å²) in [5, 5.41) is 8.18. The molecule has 1 saturated heterocycles. The number of hydrogen-bond acceptors (Lipinski definition) is 7. The third kappa shape index (κ3) is 5.71. The highest BCUT2D eigenvalue weighted by molar-refractivity contribution is 9.10. The van der Waals surface area contributed by atoms with E-state index in [4.69, 9.17) is 9.47 Å². The number of rotatable bonds is 11. The van der Waals surface area contributed by atoms with E-state index in [9.17, 15) is 14.4 Å². The Labute approximate surface area is 247 Å². The molecule has 3 aromatic rings. The van der Waals surface area contributed by atoms with Gasteiger partial charge in [0.05, 0.1) is 25.3 Å². The van der Waals surface area contributed by atoms with Crippen molar-refractivity contribution in [2.75, 3.05) is 25.6 Å². The van der Waals surface area contributed by atoms with Gasteiger partial charge in [0.1, 0.15) is 28.7 Å². The number of anilines is 1. The molecule has 0 spiro atoms. The van der Waals surface area contributed by atoms with Crippen LogP contribution in [-0.2, 0) is 32.2 Å². The van der Waals surface area contributed by atoms with Crippen molar-refractivity contribution < 1.29 is 23.9 Å². The number of fused-ring (bicyclic) bond motifs is 2. The fraction of sp³-hybridized carbons (Fsp3) is 0.433. The molecule has 0 bridgehead atoms. The summed E-state index contributed by atoms with van der Waals surface area (Å²) in [7, 11) is 1.58. The summed E-state index contributed by atoms with van der Waals surface area (Å²) in [6.07, 6.45) is 5.11. The molecule has 3 heterocycles. The number of carbonyl (C=O) groups is 3. The zero-order chi connectivity index (χ0) is 29.3. The second-order valence-corrected chi connectivity index (χ2v) is 11.6. The third-order valence-electron chi connectivity index (χ3n) is 7.92. The normalized spacial score (nSPS) is 21.4. The van der Waals surface area contributed by atoms with Crippen LogP contribution in [0.15, 0.2) is 47.1 Å². The standard InChI is InChI=1S/C30H34BrN5O5/c1-5-6-12-41-17-30-13-22(29(39)33-28-20(16-40-4)10-11-24(31)32-28)36(23(30)14-30)25(38)15-35-27-18(2)8-7-9-21(27)26(34-35)19(3)37/h5-11,22-23H,12-17H2,1-4H3,(H,32,33,39)/b6-5+/t22-,23+,30-/m0/s1. The van der Waals surface area contributed by atoms with Crippen LogP contribution >= 0.6 is 15.9 Å². The van der Waals surface area contributed by atoms with Gasteiger partial charge < -0.3 is 19.7 Å². The van der Waals surface area contributed by atoms with Crippen LogP contribution in [0.4, 0.5) is 5.82 Å². The smallest absolute Gasteiger partial charge is 0.248 e. The summed E-state index contributed by atoms with van der Waals surface area (Å²) in [6.45, 7) is 6.45. The zero-order valence-corrected chi connectivity index (χ0v) is 25.2. The summed E-state index contributed by atoms with van der Waals surface area (Å²) in [6, 6.07) is 8.43. The maximum atomic E-state index is 14.0. The lowest BCUT2D eigenvalue weighted by Gasteiger charge is -2.27. The van der Waals surface area contributed by atoms with Crippen LogP contribution in [0.25, 0.3) is 10.9 Å². The fourth-order valence-corrected chi connectivity index (χ4v) is 6.20. The molecule has 1 aromatic carbocycles. The SMILES string of the molecule is C/C=C/COC[C@@]12C[C@@H](C(=O)Nc3nc(Br)ccc3COC)N(C(=O)Cn3nc(C(C)=O)c4cccc(C)c43)[C@@H]1C2. The van der Waals surface area contributed by atoms with E-state index in [1.807, 2.05) is 50.3 Å². The van der Waals surface area contributed by atoms with Gasteiger partial charge in [-0.3, -0.25) is 19.1 Å². The van der Waals surface area contributed by atoms with Crippen molar-refractivity contribution >= 4 is 50.2 Å². The first-order chi connectivity index (χ1) is 19.7. The number of benzene rings is 1. The maximum absolute atomic E-state index is 14.0. The van der Waals surface area contributed by atoms with E-state index in [-0.39, 0.29) is 42.2 Å². The van der Waals surface area contributed by atoms with E-state index < -0.39 is 6.04 Å². The minimum absolute atomic E-state index is 0.0888. The van der Waals surface area contributed by atoms with E-state index in [0.717, 1.165) is 23.1 Å². The minimum Gasteiger partial charge on any atom is -0.380 e. The number of aromatic nitrogens is 3. The molecule has 1 saturated carbocycles. The molecule has 5 rings (SSSR count). The van der Waals surface area contributed by atoms with Crippen LogP contribution in [0.3, 0.4) is 0 Å². The predicted molar refractivity (Wildman–Crippen MR) is 157 cm³/mol. The second kappa shape index (κ2) is 11.8. The number of nitrogens with zero attached hydrogens (tertiary/aromatic N) is 4. The Hall–Kier alpha value is -3.41. The summed E-state index contributed by atoms with van der Waals surface area (Å²) in [5.74, 6) is -0.326. The number of pyridine rings is 1. The molecule has 1 N–H and O–H groups in total. The number of nitrogens with one attached hydrogen (secondary N) is 1. The van der Waals surface area contributed by atoms with Crippen LogP contribution in [0, 0.1) is 12.3 Å². The molecule has 1 aliphatic heterocycles. The predicted octanol–water partition coefficient (Wildman–Crippen LogP) is 4.44. The highest BCUT2D eigenvalue weighted by Gasteiger charge is 2.67. The maximum Gasteiger partial charge on any atom is 0.248 e. The number of carbonyl (C=O) groups excluding carboxylic acids is 3. The molecule has 0 unspecified atom stereocenters. The highest BCUT2D eigenvalue weighted by atomic mass is 79.9. The summed E-state index contributed by atoms with van der Waals surface area (Å²) in [4.78, 5) is 46.2. The number of ether oxygens (including phenoxy) is 2. The van der Waals surface area contributed by atoms with Gasteiger partial charge in [-0.1, -0.05) is 36.4 Å². The molecule has 216 valence electrons. The largest absolute Gasteiger partial charge is 0.380 e. The molecule has 1 aliphatic carbocycles. The zero-order valence-electron chi connectivity index (χ0n) is 23.6. The van der Waals surface area contributed by atoms with Gasteiger partial charge in [0.2, 0.25) is 11.8 Å². The van der Waals surface area contributed by atoms with Crippen molar-refractivity contribution in [3.8, 4) is 0 Å². The van der Waals surface area contributed by atoms with E-state index in [2.05, 4.69) is 31.3 Å². The van der Waals surface area contributed by atoms with Gasteiger partial charge in [-0.15, -0.1) is 0 Å². The number of Topliss-reactive ketones (excluding diaryl/α,β-unsaturated/α-hetero) is 1. The van der Waals surface area contributed by atoms with Crippen molar-refractivity contribution in [1.82, 2.24) is 19.7 Å². The molecule has 10 nitrogen and oxygen atoms in total. The molecule has 41 heavy (non-hydrogen) atoms. The Morgan fingerprint density at radius 2 is 2.02 bits per heavy atom. The number of ketones is 1. The monoisotopic (exact) mass is 623 g/mol. The number of aryl methyl sites for hydroxylation is 1. The lowest BCUT2D eigenvalue weighted by molar-refractivity contribution is -0.138. The van der Waals surface area contributed by atoms with Crippen molar-refractivity contribution in [3.05, 3.63) is 63.9 Å². The van der Waals surface area contributed by atoms with Gasteiger partial charge in [0.25, 0.3) is 0 Å². The van der Waals surface area contributed by atoms with Crippen molar-refractivity contribution in [2.45, 2.75) is 58.8 Å². The molecule has 3 atom stereocenters. The summed E-state index contributed by atoms with van der Waals surface area (Å²) >= 11 is 3.37. The van der Waals surface area contributed by atoms with Gasteiger partial charge in [-0.05, 0) is 54.2 Å². The van der Waals surface area contributed by atoms with Crippen LogP contribution in [-0.4, -0.2) is 69.7 Å². The molecular formula is C30H34BrN5O5. The first-order valence-electron chi connectivity index (χ1n) is 13.6. The number of para-hydroxylation sites is 1. The Balaban J connectivity index is 1.44. The van der Waals surface area contributed by atoms with E-state index in [0.29, 0.717) is 41.1 Å². The van der Waals surface area contributed by atoms with E-state index in [1.54, 1.807) is 22.8 Å². The Kier molecular flexibility index (Phi) is 8.40. The van der Waals surface area contributed by atoms with Gasteiger partial charge in [-0.25, -0.2) is 4.98 Å². The first kappa shape index (κ1) is 29.1. The number of methoxy groups -OCH3 is 1. The van der Waals surface area contributed by atoms with Crippen molar-refractivity contribution in [3.63, 3.8) is 0 Å². The lowest BCUT2D eigenvalue weighted by atomic mass is 10.00. The van der Waals surface area contributed by atoms with Crippen LogP contribution in [0.2, 0.25) is 0 Å². The molecule has 2 fully saturated rings. The third-order valence-corrected chi connectivity index (χ3v) is 8.37. The van der Waals surface area contributed by atoms with Gasteiger partial charge in [0, 0.05) is 36.4 Å². The van der Waals surface area contributed by atoms with Crippen molar-refractivity contribution in [2.24, 2.45) is 5.41 Å². The first-order valence-corrected chi connectivity index (χ1v) is 14.4. The molecule has 0 radical (unpaired) electrons. The Morgan fingerprint density at radius 3 is 2.76 bits per heavy atom. The van der Waals surface area contributed by atoms with Crippen molar-refractivity contribution in [1.29, 1.82) is 0 Å². The Bertz CT molecular complexity index is 1530. The highest BCUT2D eigenvalue weighted by Crippen LogP contribution is 2.60. The van der Waals surface area contributed by atoms with Crippen LogP contribution < -0.4 is 5.32 Å². The van der Waals surface area contributed by atoms with Crippen LogP contribution in [0.1, 0.15) is 48.3 Å². The number of hydrogen-bond donors (Lipinski definition) is 1. The number of halogens is 1. The topological polar surface area (TPSA) is 116 Å². The fourth-order valence-electron chi connectivity index (χ4n) is 5.89. The molecule has 11 heteroatoms. The number of piperidine rings is 1. The minimum atomic E-state index is -0.710. The van der Waals surface area contributed by atoms with E-state index >= 15 is 0 Å². The summed E-state index contributed by atoms with van der Waals surface area (Å²) < 4.78 is 13.4. The number of allylic oxidation sites excluding steroid dienone is 1. The average Bonchev–Trinajstić information content (AvgIpc) is 3.33. The summed E-state index contributed by atoms with van der Waals surface area (Å²) in [5.41, 5.74) is 2.42. The second-order valence-electron chi connectivity index (χ2n) is 10.8. The number of amides is 2. The average molecular weight is 625 g/mol.